The van der Waals surface area contributed by atoms with Gasteiger partial charge in [0.05, 0.1) is 0 Å². The Morgan fingerprint density at radius 2 is 2.04 bits per heavy atom. The molecule has 1 aliphatic rings. The standard InChI is InChI=1S/C21H24N4O3/c1-25-13-12-22-19(25)18(26)16-8-5-9-17(14-16)24-21(28)20(27)23-11-10-15-6-3-2-4-7-15/h5-6,8-9,12-14H,2-4,7,10-11H2,1H3,(H,23,27)(H,24,28). The minimum Gasteiger partial charge on any atom is -0.348 e. The van der Waals surface area contributed by atoms with Crippen molar-refractivity contribution in [1.29, 1.82) is 0 Å². The second-order valence-corrected chi connectivity index (χ2v) is 6.84. The summed E-state index contributed by atoms with van der Waals surface area (Å²) in [5, 5.41) is 5.19. The number of carbonyl (C=O) groups excluding carboxylic acids is 3. The van der Waals surface area contributed by atoms with Crippen LogP contribution in [-0.2, 0) is 16.6 Å². The third kappa shape index (κ3) is 4.94. The van der Waals surface area contributed by atoms with Crippen molar-refractivity contribution in [2.45, 2.75) is 32.1 Å². The summed E-state index contributed by atoms with van der Waals surface area (Å²) < 4.78 is 1.63. The molecule has 0 saturated carbocycles. The maximum absolute atomic E-state index is 12.5. The zero-order chi connectivity index (χ0) is 19.9. The van der Waals surface area contributed by atoms with Gasteiger partial charge in [0, 0.05) is 37.2 Å². The highest BCUT2D eigenvalue weighted by Gasteiger charge is 2.17. The van der Waals surface area contributed by atoms with Crippen LogP contribution in [0.25, 0.3) is 0 Å². The molecular weight excluding hydrogens is 356 g/mol. The number of imidazole rings is 1. The predicted octanol–water partition coefficient (Wildman–Crippen LogP) is 2.60. The second kappa shape index (κ2) is 9.12. The molecule has 7 heteroatoms. The third-order valence-corrected chi connectivity index (χ3v) is 4.73. The van der Waals surface area contributed by atoms with E-state index in [4.69, 9.17) is 0 Å². The van der Waals surface area contributed by atoms with E-state index in [1.165, 1.54) is 24.5 Å². The summed E-state index contributed by atoms with van der Waals surface area (Å²) in [5.74, 6) is -1.39. The molecule has 2 amide bonds. The van der Waals surface area contributed by atoms with E-state index in [1.807, 2.05) is 0 Å². The number of aryl methyl sites for hydroxylation is 1. The lowest BCUT2D eigenvalue weighted by atomic mass is 9.97. The SMILES string of the molecule is Cn1ccnc1C(=O)c1cccc(NC(=O)C(=O)NCCC2=CCCCC2)c1. The Balaban J connectivity index is 1.55. The van der Waals surface area contributed by atoms with E-state index < -0.39 is 11.8 Å². The summed E-state index contributed by atoms with van der Waals surface area (Å²) in [4.78, 5) is 40.7. The number of rotatable bonds is 6. The monoisotopic (exact) mass is 380 g/mol. The maximum atomic E-state index is 12.5. The molecule has 0 unspecified atom stereocenters. The van der Waals surface area contributed by atoms with Gasteiger partial charge < -0.3 is 15.2 Å². The van der Waals surface area contributed by atoms with Crippen LogP contribution in [0.2, 0.25) is 0 Å². The van der Waals surface area contributed by atoms with Crippen molar-refractivity contribution >= 4 is 23.3 Å². The predicted molar refractivity (Wildman–Crippen MR) is 106 cm³/mol. The molecule has 1 aliphatic carbocycles. The molecule has 0 saturated heterocycles. The van der Waals surface area contributed by atoms with Gasteiger partial charge >= 0.3 is 11.8 Å². The summed E-state index contributed by atoms with van der Waals surface area (Å²) in [6.07, 6.45) is 10.8. The van der Waals surface area contributed by atoms with Crippen molar-refractivity contribution in [2.75, 3.05) is 11.9 Å². The van der Waals surface area contributed by atoms with Crippen molar-refractivity contribution in [3.8, 4) is 0 Å². The molecule has 1 aromatic carbocycles. The van der Waals surface area contributed by atoms with E-state index in [1.54, 1.807) is 42.2 Å². The summed E-state index contributed by atoms with van der Waals surface area (Å²) in [6, 6.07) is 6.46. The van der Waals surface area contributed by atoms with Crippen LogP contribution in [0.15, 0.2) is 48.3 Å². The van der Waals surface area contributed by atoms with Crippen molar-refractivity contribution < 1.29 is 14.4 Å². The Kier molecular flexibility index (Phi) is 6.37. The number of hydrogen-bond donors (Lipinski definition) is 2. The molecule has 0 atom stereocenters. The maximum Gasteiger partial charge on any atom is 0.313 e. The van der Waals surface area contributed by atoms with Gasteiger partial charge in [-0.05, 0) is 44.2 Å². The van der Waals surface area contributed by atoms with Gasteiger partial charge in [-0.3, -0.25) is 14.4 Å². The summed E-state index contributed by atoms with van der Waals surface area (Å²) in [7, 11) is 1.74. The highest BCUT2D eigenvalue weighted by atomic mass is 16.2. The zero-order valence-electron chi connectivity index (χ0n) is 15.9. The first kappa shape index (κ1) is 19.5. The molecule has 28 heavy (non-hydrogen) atoms. The van der Waals surface area contributed by atoms with Crippen LogP contribution in [0, 0.1) is 0 Å². The molecular formula is C21H24N4O3. The van der Waals surface area contributed by atoms with Crippen LogP contribution < -0.4 is 10.6 Å². The quantitative estimate of drug-likeness (QED) is 0.458. The molecule has 1 heterocycles. The lowest BCUT2D eigenvalue weighted by Crippen LogP contribution is -2.36. The first-order chi connectivity index (χ1) is 13.5. The fourth-order valence-electron chi connectivity index (χ4n) is 3.19. The molecule has 2 N–H and O–H groups in total. The van der Waals surface area contributed by atoms with Crippen molar-refractivity contribution in [3.63, 3.8) is 0 Å². The van der Waals surface area contributed by atoms with Gasteiger partial charge in [0.25, 0.3) is 0 Å². The fraction of sp³-hybridized carbons (Fsp3) is 0.333. The largest absolute Gasteiger partial charge is 0.348 e. The number of amides is 2. The molecule has 1 aromatic heterocycles. The van der Waals surface area contributed by atoms with Crippen LogP contribution in [0.5, 0.6) is 0 Å². The molecule has 7 nitrogen and oxygen atoms in total. The number of ketones is 1. The van der Waals surface area contributed by atoms with Crippen LogP contribution in [0.3, 0.4) is 0 Å². The van der Waals surface area contributed by atoms with E-state index in [9.17, 15) is 14.4 Å². The van der Waals surface area contributed by atoms with E-state index >= 15 is 0 Å². The van der Waals surface area contributed by atoms with Gasteiger partial charge in [0.15, 0.2) is 5.82 Å². The number of nitrogens with zero attached hydrogens (tertiary/aromatic N) is 2. The molecule has 146 valence electrons. The van der Waals surface area contributed by atoms with E-state index in [2.05, 4.69) is 21.7 Å². The number of hydrogen-bond acceptors (Lipinski definition) is 4. The minimum atomic E-state index is -0.751. The first-order valence-electron chi connectivity index (χ1n) is 9.44. The van der Waals surface area contributed by atoms with Gasteiger partial charge in [-0.2, -0.15) is 0 Å². The van der Waals surface area contributed by atoms with Crippen LogP contribution >= 0.6 is 0 Å². The van der Waals surface area contributed by atoms with Crippen molar-refractivity contribution in [2.24, 2.45) is 7.05 Å². The Hall–Kier alpha value is -3.22. The highest BCUT2D eigenvalue weighted by Crippen LogP contribution is 2.19. The normalized spacial score (nSPS) is 13.5. The minimum absolute atomic E-state index is 0.256. The lowest BCUT2D eigenvalue weighted by molar-refractivity contribution is -0.136. The van der Waals surface area contributed by atoms with E-state index in [0.29, 0.717) is 23.6 Å². The smallest absolute Gasteiger partial charge is 0.313 e. The topological polar surface area (TPSA) is 93.1 Å². The zero-order valence-corrected chi connectivity index (χ0v) is 15.9. The number of carbonyl (C=O) groups is 3. The van der Waals surface area contributed by atoms with Crippen molar-refractivity contribution in [3.05, 3.63) is 59.7 Å². The van der Waals surface area contributed by atoms with E-state index in [-0.39, 0.29) is 5.78 Å². The van der Waals surface area contributed by atoms with Gasteiger partial charge in [0.2, 0.25) is 5.78 Å². The Morgan fingerprint density at radius 1 is 1.18 bits per heavy atom. The summed E-state index contributed by atoms with van der Waals surface area (Å²) in [6.45, 7) is 0.440. The number of anilines is 1. The fourth-order valence-corrected chi connectivity index (χ4v) is 3.19. The Bertz CT molecular complexity index is 914. The number of benzene rings is 1. The van der Waals surface area contributed by atoms with Gasteiger partial charge in [-0.15, -0.1) is 0 Å². The van der Waals surface area contributed by atoms with Gasteiger partial charge in [0.1, 0.15) is 0 Å². The number of nitrogens with one attached hydrogen (secondary N) is 2. The molecule has 0 aliphatic heterocycles. The van der Waals surface area contributed by atoms with Crippen LogP contribution in [-0.4, -0.2) is 33.7 Å². The molecule has 0 bridgehead atoms. The molecule has 2 aromatic rings. The number of aromatic nitrogens is 2. The summed E-state index contributed by atoms with van der Waals surface area (Å²) in [5.41, 5.74) is 2.11. The van der Waals surface area contributed by atoms with Crippen LogP contribution in [0.1, 0.15) is 48.3 Å². The lowest BCUT2D eigenvalue weighted by Gasteiger charge is -2.13. The molecule has 0 spiro atoms. The molecule has 0 radical (unpaired) electrons. The third-order valence-electron chi connectivity index (χ3n) is 4.73. The Morgan fingerprint density at radius 3 is 2.75 bits per heavy atom. The first-order valence-corrected chi connectivity index (χ1v) is 9.44. The van der Waals surface area contributed by atoms with E-state index in [0.717, 1.165) is 19.3 Å². The highest BCUT2D eigenvalue weighted by molar-refractivity contribution is 6.39. The Labute approximate surface area is 163 Å². The van der Waals surface area contributed by atoms with Crippen LogP contribution in [0.4, 0.5) is 5.69 Å². The average Bonchev–Trinajstić information content (AvgIpc) is 3.14. The second-order valence-electron chi connectivity index (χ2n) is 6.84. The summed E-state index contributed by atoms with van der Waals surface area (Å²) >= 11 is 0. The average molecular weight is 380 g/mol. The molecule has 0 fully saturated rings. The van der Waals surface area contributed by atoms with Gasteiger partial charge in [-0.1, -0.05) is 23.8 Å². The van der Waals surface area contributed by atoms with Gasteiger partial charge in [-0.25, -0.2) is 4.98 Å². The molecule has 3 rings (SSSR count). The number of allylic oxidation sites excluding steroid dienone is 1. The van der Waals surface area contributed by atoms with Crippen molar-refractivity contribution in [1.82, 2.24) is 14.9 Å².